The van der Waals surface area contributed by atoms with E-state index in [2.05, 4.69) is 9.47 Å². The van der Waals surface area contributed by atoms with Gasteiger partial charge in [-0.05, 0) is 0 Å². The molecule has 0 saturated carbocycles. The highest BCUT2D eigenvalue weighted by molar-refractivity contribution is 5.75. The zero-order chi connectivity index (χ0) is 8.43. The van der Waals surface area contributed by atoms with Gasteiger partial charge in [0.2, 0.25) is 0 Å². The van der Waals surface area contributed by atoms with Crippen LogP contribution in [0.4, 0.5) is 4.39 Å². The van der Waals surface area contributed by atoms with E-state index in [4.69, 9.17) is 5.11 Å². The number of carbonyl (C=O) groups excluding carboxylic acids is 1. The summed E-state index contributed by atoms with van der Waals surface area (Å²) in [4.78, 5) is 10.7. The molecular weight excluding hydrogens is 155 g/mol. The second kappa shape index (κ2) is 3.15. The molecule has 1 aliphatic rings. The van der Waals surface area contributed by atoms with Crippen molar-refractivity contribution in [2.24, 2.45) is 0 Å². The number of halogens is 1. The van der Waals surface area contributed by atoms with Crippen molar-refractivity contribution in [1.82, 2.24) is 0 Å². The first-order valence-corrected chi connectivity index (χ1v) is 3.18. The molecule has 0 aliphatic carbocycles. The molecule has 64 valence electrons. The number of carbonyl (C=O) groups is 1. The van der Waals surface area contributed by atoms with Crippen molar-refractivity contribution in [3.63, 3.8) is 0 Å². The fraction of sp³-hybridized carbons (Fsp3) is 0.833. The Bertz CT molecular complexity index is 161. The number of aliphatic hydroxyl groups is 1. The molecule has 1 saturated heterocycles. The maximum absolute atomic E-state index is 12.5. The van der Waals surface area contributed by atoms with Gasteiger partial charge < -0.3 is 14.6 Å². The van der Waals surface area contributed by atoms with Gasteiger partial charge in [0.15, 0.2) is 12.3 Å². The molecule has 1 rings (SSSR count). The molecule has 1 heterocycles. The Morgan fingerprint density at radius 1 is 1.82 bits per heavy atom. The van der Waals surface area contributed by atoms with Crippen LogP contribution < -0.4 is 0 Å². The molecule has 0 aromatic rings. The second-order valence-electron chi connectivity index (χ2n) is 2.28. The summed E-state index contributed by atoms with van der Waals surface area (Å²) in [5, 5.41) is 8.96. The Morgan fingerprint density at radius 2 is 2.45 bits per heavy atom. The number of aliphatic hydroxyl groups excluding tert-OH is 1. The molecule has 5 heteroatoms. The first-order chi connectivity index (χ1) is 5.16. The van der Waals surface area contributed by atoms with Crippen LogP contribution >= 0.6 is 0 Å². The lowest BCUT2D eigenvalue weighted by molar-refractivity contribution is -0.155. The van der Waals surface area contributed by atoms with Crippen LogP contribution in [0.25, 0.3) is 0 Å². The highest BCUT2D eigenvalue weighted by Crippen LogP contribution is 2.17. The smallest absolute Gasteiger partial charge is 0.337 e. The van der Waals surface area contributed by atoms with Crippen molar-refractivity contribution >= 4 is 5.97 Å². The normalized spacial score (nSPS) is 37.2. The van der Waals surface area contributed by atoms with Crippen LogP contribution in [0.15, 0.2) is 0 Å². The van der Waals surface area contributed by atoms with Gasteiger partial charge in [0.05, 0.1) is 13.7 Å². The van der Waals surface area contributed by atoms with E-state index < -0.39 is 24.3 Å². The van der Waals surface area contributed by atoms with E-state index >= 15 is 0 Å². The first kappa shape index (κ1) is 8.42. The number of hydrogen-bond acceptors (Lipinski definition) is 4. The Balaban J connectivity index is 2.54. The van der Waals surface area contributed by atoms with Crippen molar-refractivity contribution in [3.8, 4) is 0 Å². The number of rotatable bonds is 1. The van der Waals surface area contributed by atoms with E-state index in [0.717, 1.165) is 7.11 Å². The van der Waals surface area contributed by atoms with E-state index in [0.29, 0.717) is 0 Å². The predicted molar refractivity (Wildman–Crippen MR) is 32.7 cm³/mol. The monoisotopic (exact) mass is 164 g/mol. The minimum atomic E-state index is -1.49. The lowest BCUT2D eigenvalue weighted by atomic mass is 10.2. The summed E-state index contributed by atoms with van der Waals surface area (Å²) in [5.41, 5.74) is 0. The summed E-state index contributed by atoms with van der Waals surface area (Å²) < 4.78 is 21.4. The number of methoxy groups -OCH3 is 1. The molecule has 0 aromatic carbocycles. The van der Waals surface area contributed by atoms with Gasteiger partial charge >= 0.3 is 5.97 Å². The third-order valence-corrected chi connectivity index (χ3v) is 1.55. The van der Waals surface area contributed by atoms with E-state index in [1.54, 1.807) is 0 Å². The summed E-state index contributed by atoms with van der Waals surface area (Å²) in [5.74, 6) is -0.738. The second-order valence-corrected chi connectivity index (χ2v) is 2.28. The molecule has 1 N–H and O–H groups in total. The molecule has 1 aliphatic heterocycles. The van der Waals surface area contributed by atoms with Crippen molar-refractivity contribution in [2.45, 2.75) is 18.4 Å². The Morgan fingerprint density at radius 3 is 2.82 bits per heavy atom. The Kier molecular flexibility index (Phi) is 2.41. The standard InChI is InChI=1S/C6H9FO4/c1-10-6(9)5-4(8)3(7)2-11-5/h3-5,8H,2H2,1H3/t3-,4+,5+/m0/s1. The topological polar surface area (TPSA) is 55.8 Å². The average Bonchev–Trinajstić information content (AvgIpc) is 2.32. The average molecular weight is 164 g/mol. The molecule has 0 spiro atoms. The molecule has 11 heavy (non-hydrogen) atoms. The van der Waals surface area contributed by atoms with Gasteiger partial charge in [0, 0.05) is 0 Å². The lowest BCUT2D eigenvalue weighted by Crippen LogP contribution is -2.34. The first-order valence-electron chi connectivity index (χ1n) is 3.18. The summed E-state index contributed by atoms with van der Waals surface area (Å²) in [7, 11) is 1.16. The molecular formula is C6H9FO4. The van der Waals surface area contributed by atoms with Gasteiger partial charge in [-0.1, -0.05) is 0 Å². The SMILES string of the molecule is COC(=O)[C@@H]1OC[C@H](F)[C@H]1O. The van der Waals surface area contributed by atoms with Crippen molar-refractivity contribution in [1.29, 1.82) is 0 Å². The summed E-state index contributed by atoms with van der Waals surface area (Å²) in [6.07, 6.45) is -4.03. The van der Waals surface area contributed by atoms with Crippen molar-refractivity contribution in [3.05, 3.63) is 0 Å². The van der Waals surface area contributed by atoms with Crippen LogP contribution in [-0.2, 0) is 14.3 Å². The molecule has 0 bridgehead atoms. The largest absolute Gasteiger partial charge is 0.467 e. The Labute approximate surface area is 62.9 Å². The van der Waals surface area contributed by atoms with E-state index in [9.17, 15) is 9.18 Å². The highest BCUT2D eigenvalue weighted by Gasteiger charge is 2.41. The van der Waals surface area contributed by atoms with Gasteiger partial charge in [-0.2, -0.15) is 0 Å². The van der Waals surface area contributed by atoms with Crippen LogP contribution in [-0.4, -0.2) is 43.2 Å². The van der Waals surface area contributed by atoms with E-state index in [-0.39, 0.29) is 6.61 Å². The fourth-order valence-electron chi connectivity index (χ4n) is 0.906. The molecule has 4 nitrogen and oxygen atoms in total. The molecule has 3 atom stereocenters. The van der Waals surface area contributed by atoms with Gasteiger partial charge in [0.25, 0.3) is 0 Å². The highest BCUT2D eigenvalue weighted by atomic mass is 19.1. The lowest BCUT2D eigenvalue weighted by Gasteiger charge is -2.10. The molecule has 0 unspecified atom stereocenters. The van der Waals surface area contributed by atoms with E-state index in [1.165, 1.54) is 0 Å². The van der Waals surface area contributed by atoms with Crippen LogP contribution in [0.5, 0.6) is 0 Å². The summed E-state index contributed by atoms with van der Waals surface area (Å²) >= 11 is 0. The minimum absolute atomic E-state index is 0.249. The van der Waals surface area contributed by atoms with Gasteiger partial charge in [-0.15, -0.1) is 0 Å². The van der Waals surface area contributed by atoms with Gasteiger partial charge in [0.1, 0.15) is 6.10 Å². The molecule has 0 radical (unpaired) electrons. The van der Waals surface area contributed by atoms with Crippen LogP contribution in [0.2, 0.25) is 0 Å². The van der Waals surface area contributed by atoms with Crippen LogP contribution in [0.3, 0.4) is 0 Å². The zero-order valence-electron chi connectivity index (χ0n) is 5.99. The predicted octanol–water partition coefficient (Wildman–Crippen LogP) is -0.743. The number of hydrogen-bond donors (Lipinski definition) is 1. The maximum Gasteiger partial charge on any atom is 0.337 e. The summed E-state index contributed by atoms with van der Waals surface area (Å²) in [6.45, 7) is -0.249. The molecule has 0 amide bonds. The van der Waals surface area contributed by atoms with Crippen molar-refractivity contribution in [2.75, 3.05) is 13.7 Å². The molecule has 0 aromatic heterocycles. The quantitative estimate of drug-likeness (QED) is 0.518. The third-order valence-electron chi connectivity index (χ3n) is 1.55. The van der Waals surface area contributed by atoms with Gasteiger partial charge in [-0.3, -0.25) is 0 Å². The maximum atomic E-state index is 12.5. The zero-order valence-corrected chi connectivity index (χ0v) is 5.99. The number of alkyl halides is 1. The Hall–Kier alpha value is -0.680. The fourth-order valence-corrected chi connectivity index (χ4v) is 0.906. The van der Waals surface area contributed by atoms with Gasteiger partial charge in [-0.25, -0.2) is 9.18 Å². The number of ether oxygens (including phenoxy) is 2. The summed E-state index contributed by atoms with van der Waals surface area (Å²) in [6, 6.07) is 0. The minimum Gasteiger partial charge on any atom is -0.467 e. The third kappa shape index (κ3) is 1.49. The van der Waals surface area contributed by atoms with Crippen LogP contribution in [0, 0.1) is 0 Å². The van der Waals surface area contributed by atoms with E-state index in [1.807, 2.05) is 0 Å². The molecule has 1 fully saturated rings. The van der Waals surface area contributed by atoms with Crippen molar-refractivity contribution < 1.29 is 23.8 Å². The van der Waals surface area contributed by atoms with Crippen LogP contribution in [0.1, 0.15) is 0 Å². The number of esters is 1.